The lowest BCUT2D eigenvalue weighted by Gasteiger charge is -2.05. The molecule has 0 amide bonds. The molecule has 0 saturated carbocycles. The summed E-state index contributed by atoms with van der Waals surface area (Å²) in [5.74, 6) is 0. The van der Waals surface area contributed by atoms with Crippen LogP contribution in [0.15, 0.2) is 46.4 Å². The molecule has 0 aromatic heterocycles. The van der Waals surface area contributed by atoms with Crippen molar-refractivity contribution in [1.82, 2.24) is 0 Å². The molecule has 0 fully saturated rings. The van der Waals surface area contributed by atoms with Crippen molar-refractivity contribution in [3.8, 4) is 6.07 Å². The lowest BCUT2D eigenvalue weighted by Crippen LogP contribution is -1.81. The van der Waals surface area contributed by atoms with E-state index >= 15 is 0 Å². The summed E-state index contributed by atoms with van der Waals surface area (Å²) in [7, 11) is 0. The zero-order chi connectivity index (χ0) is 12.0. The minimum Gasteiger partial charge on any atom is -0.430 e. The molecule has 0 heterocycles. The van der Waals surface area contributed by atoms with E-state index in [1.54, 1.807) is 0 Å². The molecular formula is C9H8NO3PS2. The Morgan fingerprint density at radius 2 is 2.06 bits per heavy atom. The van der Waals surface area contributed by atoms with Crippen LogP contribution in [0.2, 0.25) is 0 Å². The molecule has 0 bridgehead atoms. The van der Waals surface area contributed by atoms with Gasteiger partial charge in [-0.2, -0.15) is 5.26 Å². The van der Waals surface area contributed by atoms with Crippen LogP contribution in [0.4, 0.5) is 0 Å². The molecule has 0 unspecified atom stereocenters. The molecule has 1 rings (SSSR count). The van der Waals surface area contributed by atoms with Gasteiger partial charge in [-0.15, -0.1) is 0 Å². The average molecular weight is 273 g/mol. The largest absolute Gasteiger partial charge is 0.430 e. The summed E-state index contributed by atoms with van der Waals surface area (Å²) < 4.78 is 4.49. The molecular weight excluding hydrogens is 265 g/mol. The molecule has 0 aliphatic carbocycles. The molecule has 4 nitrogen and oxygen atoms in total. The van der Waals surface area contributed by atoms with Crippen molar-refractivity contribution in [2.24, 2.45) is 0 Å². The number of hydrogen-bond donors (Lipinski definition) is 2. The van der Waals surface area contributed by atoms with Gasteiger partial charge in [0.15, 0.2) is 0 Å². The third kappa shape index (κ3) is 5.31. The summed E-state index contributed by atoms with van der Waals surface area (Å²) in [5.41, 5.74) is 0. The first-order valence-electron chi connectivity index (χ1n) is 4.08. The first-order chi connectivity index (χ1) is 7.51. The minimum absolute atomic E-state index is 0.198. The standard InChI is InChI=1S/C9H8NO3PS2/c10-6-9(7-13-14(11,12)15)16-8-4-2-1-3-5-8/h1-5,7H,(H2,11,12,15). The van der Waals surface area contributed by atoms with Crippen LogP contribution in [0, 0.1) is 11.3 Å². The van der Waals surface area contributed by atoms with Crippen LogP contribution in [0.3, 0.4) is 0 Å². The van der Waals surface area contributed by atoms with Gasteiger partial charge in [-0.05, 0) is 12.1 Å². The average Bonchev–Trinajstić information content (AvgIpc) is 2.24. The number of thioether (sulfide) groups is 1. The third-order valence-electron chi connectivity index (χ3n) is 1.38. The topological polar surface area (TPSA) is 73.5 Å². The Hall–Kier alpha value is -0.830. The fourth-order valence-corrected chi connectivity index (χ4v) is 1.94. The Morgan fingerprint density at radius 1 is 1.44 bits per heavy atom. The maximum Gasteiger partial charge on any atom is 0.374 e. The van der Waals surface area contributed by atoms with Crippen LogP contribution in [0.25, 0.3) is 0 Å². The predicted molar refractivity (Wildman–Crippen MR) is 65.8 cm³/mol. The van der Waals surface area contributed by atoms with Crippen LogP contribution >= 0.6 is 18.5 Å². The number of benzene rings is 1. The first-order valence-corrected chi connectivity index (χ1v) is 7.52. The summed E-state index contributed by atoms with van der Waals surface area (Å²) in [5, 5.41) is 8.78. The maximum atomic E-state index is 8.82. The highest BCUT2D eigenvalue weighted by Gasteiger charge is 2.07. The van der Waals surface area contributed by atoms with Crippen molar-refractivity contribution >= 4 is 30.3 Å². The van der Waals surface area contributed by atoms with E-state index < -0.39 is 6.72 Å². The Labute approximate surface area is 102 Å². The monoisotopic (exact) mass is 273 g/mol. The van der Waals surface area contributed by atoms with E-state index in [9.17, 15) is 0 Å². The Bertz CT molecular complexity index is 463. The van der Waals surface area contributed by atoms with Gasteiger partial charge in [-0.25, -0.2) is 0 Å². The van der Waals surface area contributed by atoms with Crippen molar-refractivity contribution in [2.45, 2.75) is 4.90 Å². The van der Waals surface area contributed by atoms with Crippen LogP contribution in [0.5, 0.6) is 0 Å². The number of nitrogens with zero attached hydrogens (tertiary/aromatic N) is 1. The quantitative estimate of drug-likeness (QED) is 0.380. The van der Waals surface area contributed by atoms with Crippen molar-refractivity contribution in [2.75, 3.05) is 0 Å². The van der Waals surface area contributed by atoms with E-state index in [1.807, 2.05) is 36.4 Å². The van der Waals surface area contributed by atoms with Crippen LogP contribution in [-0.2, 0) is 16.3 Å². The molecule has 1 aromatic carbocycles. The normalized spacial score (nSPS) is 11.9. The third-order valence-corrected chi connectivity index (χ3v) is 2.93. The molecule has 7 heteroatoms. The second-order valence-corrected chi connectivity index (χ2v) is 6.34. The van der Waals surface area contributed by atoms with E-state index in [0.717, 1.165) is 22.9 Å². The number of hydrogen-bond acceptors (Lipinski definition) is 4. The van der Waals surface area contributed by atoms with Crippen molar-refractivity contribution in [1.29, 1.82) is 5.26 Å². The molecule has 0 spiro atoms. The Balaban J connectivity index is 2.71. The lowest BCUT2D eigenvalue weighted by atomic mass is 10.4. The van der Waals surface area contributed by atoms with Gasteiger partial charge < -0.3 is 14.3 Å². The van der Waals surface area contributed by atoms with Crippen molar-refractivity contribution in [3.63, 3.8) is 0 Å². The van der Waals surface area contributed by atoms with Gasteiger partial charge in [0.2, 0.25) is 0 Å². The summed E-state index contributed by atoms with van der Waals surface area (Å²) in [6.45, 7) is -3.75. The molecule has 0 atom stereocenters. The van der Waals surface area contributed by atoms with Gasteiger partial charge in [-0.1, -0.05) is 30.0 Å². The zero-order valence-corrected chi connectivity index (χ0v) is 10.5. The van der Waals surface area contributed by atoms with Crippen LogP contribution < -0.4 is 0 Å². The highest BCUT2D eigenvalue weighted by molar-refractivity contribution is 8.06. The minimum atomic E-state index is -3.75. The van der Waals surface area contributed by atoms with Gasteiger partial charge in [0.05, 0.1) is 0 Å². The lowest BCUT2D eigenvalue weighted by molar-refractivity contribution is 0.338. The molecule has 16 heavy (non-hydrogen) atoms. The fraction of sp³-hybridized carbons (Fsp3) is 0. The molecule has 0 aliphatic heterocycles. The van der Waals surface area contributed by atoms with E-state index in [2.05, 4.69) is 16.3 Å². The Morgan fingerprint density at radius 3 is 2.56 bits per heavy atom. The number of allylic oxidation sites excluding steroid dienone is 1. The summed E-state index contributed by atoms with van der Waals surface area (Å²) in [6, 6.07) is 11.0. The highest BCUT2D eigenvalue weighted by atomic mass is 32.5. The van der Waals surface area contributed by atoms with Gasteiger partial charge >= 0.3 is 6.72 Å². The van der Waals surface area contributed by atoms with Gasteiger partial charge in [0, 0.05) is 16.7 Å². The zero-order valence-electron chi connectivity index (χ0n) is 7.98. The molecule has 0 saturated heterocycles. The summed E-state index contributed by atoms with van der Waals surface area (Å²) in [4.78, 5) is 18.7. The molecule has 0 radical (unpaired) electrons. The van der Waals surface area contributed by atoms with E-state index in [0.29, 0.717) is 0 Å². The predicted octanol–water partition coefficient (Wildman–Crippen LogP) is 2.37. The molecule has 2 N–H and O–H groups in total. The Kier molecular flexibility index (Phi) is 5.00. The fourth-order valence-electron chi connectivity index (χ4n) is 0.805. The van der Waals surface area contributed by atoms with E-state index in [1.165, 1.54) is 0 Å². The number of rotatable bonds is 4. The molecule has 0 aliphatic rings. The number of nitriles is 1. The second-order valence-electron chi connectivity index (χ2n) is 2.61. The summed E-state index contributed by atoms with van der Waals surface area (Å²) >= 11 is 5.41. The van der Waals surface area contributed by atoms with Gasteiger partial charge in [0.1, 0.15) is 17.2 Å². The first kappa shape index (κ1) is 13.2. The molecule has 84 valence electrons. The van der Waals surface area contributed by atoms with Crippen molar-refractivity contribution in [3.05, 3.63) is 41.5 Å². The maximum absolute atomic E-state index is 8.82. The summed E-state index contributed by atoms with van der Waals surface area (Å²) in [6.07, 6.45) is 0.971. The van der Waals surface area contributed by atoms with Crippen molar-refractivity contribution < 1.29 is 14.3 Å². The SMILES string of the molecule is N#CC(=COP(O)(O)=S)Sc1ccccc1. The second kappa shape index (κ2) is 6.04. The van der Waals surface area contributed by atoms with E-state index in [-0.39, 0.29) is 4.91 Å². The van der Waals surface area contributed by atoms with Gasteiger partial charge in [-0.3, -0.25) is 0 Å². The highest BCUT2D eigenvalue weighted by Crippen LogP contribution is 2.38. The van der Waals surface area contributed by atoms with Gasteiger partial charge in [0.25, 0.3) is 0 Å². The molecule has 1 aromatic rings. The van der Waals surface area contributed by atoms with Crippen LogP contribution in [0.1, 0.15) is 0 Å². The van der Waals surface area contributed by atoms with Crippen LogP contribution in [-0.4, -0.2) is 9.79 Å². The van der Waals surface area contributed by atoms with E-state index in [4.69, 9.17) is 15.0 Å². The smallest absolute Gasteiger partial charge is 0.374 e.